The van der Waals surface area contributed by atoms with Crippen LogP contribution < -0.4 is 10.6 Å². The van der Waals surface area contributed by atoms with Crippen molar-refractivity contribution in [3.8, 4) is 17.0 Å². The highest BCUT2D eigenvalue weighted by Crippen LogP contribution is 2.39. The summed E-state index contributed by atoms with van der Waals surface area (Å²) in [5.41, 5.74) is -0.367. The van der Waals surface area contributed by atoms with Crippen LogP contribution in [-0.2, 0) is 11.0 Å². The van der Waals surface area contributed by atoms with Crippen molar-refractivity contribution in [2.75, 3.05) is 50.0 Å². The number of hydrogen-bond acceptors (Lipinski definition) is 9. The highest BCUT2D eigenvalue weighted by Gasteiger charge is 2.32. The number of nitrogens with one attached hydrogen (secondary N) is 2. The smallest absolute Gasteiger partial charge is 0.416 e. The first-order chi connectivity index (χ1) is 20.1. The molecule has 1 unspecified atom stereocenters. The largest absolute Gasteiger partial charge is 0.507 e. The number of pyridine rings is 1. The first kappa shape index (κ1) is 29.9. The molecular weight excluding hydrogens is 551 g/mol. The summed E-state index contributed by atoms with van der Waals surface area (Å²) >= 11 is 0. The molecule has 2 fully saturated rings. The Morgan fingerprint density at radius 3 is 2.60 bits per heavy atom. The quantitative estimate of drug-likeness (QED) is 0.308. The summed E-state index contributed by atoms with van der Waals surface area (Å²) in [6.45, 7) is 5.53. The van der Waals surface area contributed by atoms with Gasteiger partial charge in [0.15, 0.2) is 5.82 Å². The number of carbonyl (C=O) groups is 1. The van der Waals surface area contributed by atoms with Gasteiger partial charge < -0.3 is 20.8 Å². The number of carbonyl (C=O) groups excluding carboxylic acids is 1. The van der Waals surface area contributed by atoms with Crippen LogP contribution in [0, 0.1) is 0 Å². The number of phenols is 1. The van der Waals surface area contributed by atoms with Gasteiger partial charge in [-0.3, -0.25) is 14.6 Å². The van der Waals surface area contributed by atoms with Crippen molar-refractivity contribution >= 4 is 28.4 Å². The molecule has 0 bridgehead atoms. The number of aliphatic hydroxyl groups is 1. The number of alkyl halides is 3. The van der Waals surface area contributed by atoms with E-state index in [0.29, 0.717) is 35.1 Å². The maximum atomic E-state index is 13.2. The Morgan fingerprint density at radius 1 is 1.10 bits per heavy atom. The summed E-state index contributed by atoms with van der Waals surface area (Å²) in [4.78, 5) is 21.8. The van der Waals surface area contributed by atoms with E-state index in [9.17, 15) is 28.2 Å². The number of likely N-dealkylation sites (tertiary alicyclic amines) is 2. The van der Waals surface area contributed by atoms with Gasteiger partial charge in [-0.1, -0.05) is 6.42 Å². The second-order valence-electron chi connectivity index (χ2n) is 11.1. The van der Waals surface area contributed by atoms with E-state index in [0.717, 1.165) is 63.9 Å². The summed E-state index contributed by atoms with van der Waals surface area (Å²) in [5.74, 6) is -0.110. The molecule has 226 valence electrons. The Labute approximate surface area is 241 Å². The molecule has 0 radical (unpaired) electrons. The van der Waals surface area contributed by atoms with Crippen LogP contribution in [0.3, 0.4) is 0 Å². The molecule has 4 N–H and O–H groups in total. The zero-order valence-corrected chi connectivity index (χ0v) is 23.5. The van der Waals surface area contributed by atoms with Crippen LogP contribution in [0.5, 0.6) is 5.75 Å². The van der Waals surface area contributed by atoms with Crippen LogP contribution in [-0.4, -0.2) is 92.5 Å². The number of fused-ring (bicyclic) bond motifs is 1. The average Bonchev–Trinajstić information content (AvgIpc) is 2.97. The molecule has 2 aliphatic heterocycles. The van der Waals surface area contributed by atoms with Gasteiger partial charge in [0.2, 0.25) is 5.91 Å². The Hall–Kier alpha value is -3.55. The second kappa shape index (κ2) is 12.8. The van der Waals surface area contributed by atoms with Crippen LogP contribution in [0.2, 0.25) is 0 Å². The number of aromatic hydroxyl groups is 1. The Kier molecular flexibility index (Phi) is 9.09. The second-order valence-corrected chi connectivity index (χ2v) is 11.1. The maximum Gasteiger partial charge on any atom is 0.416 e. The van der Waals surface area contributed by atoms with Crippen molar-refractivity contribution in [3.63, 3.8) is 0 Å². The van der Waals surface area contributed by atoms with E-state index < -0.39 is 17.5 Å². The third-order valence-electron chi connectivity index (χ3n) is 7.97. The monoisotopic (exact) mass is 587 g/mol. The third-order valence-corrected chi connectivity index (χ3v) is 7.97. The van der Waals surface area contributed by atoms with Crippen LogP contribution in [0.1, 0.15) is 44.6 Å². The highest BCUT2D eigenvalue weighted by atomic mass is 19.4. The first-order valence-electron chi connectivity index (χ1n) is 14.3. The molecule has 13 heteroatoms. The van der Waals surface area contributed by atoms with Gasteiger partial charge in [-0.25, -0.2) is 4.98 Å². The lowest BCUT2D eigenvalue weighted by Crippen LogP contribution is -2.47. The predicted molar refractivity (Wildman–Crippen MR) is 153 cm³/mol. The lowest BCUT2D eigenvalue weighted by atomic mass is 10.0. The van der Waals surface area contributed by atoms with Crippen molar-refractivity contribution in [1.82, 2.24) is 25.0 Å². The first-order valence-corrected chi connectivity index (χ1v) is 14.3. The van der Waals surface area contributed by atoms with Gasteiger partial charge >= 0.3 is 6.18 Å². The number of nitrogens with zero attached hydrogens (tertiary/aromatic N) is 5. The van der Waals surface area contributed by atoms with Crippen molar-refractivity contribution in [2.24, 2.45) is 0 Å². The average molecular weight is 588 g/mol. The zero-order chi connectivity index (χ0) is 29.9. The fraction of sp³-hybridized carbons (Fsp3) is 0.517. The molecule has 2 saturated heterocycles. The summed E-state index contributed by atoms with van der Waals surface area (Å²) in [7, 11) is 0. The van der Waals surface area contributed by atoms with E-state index >= 15 is 0 Å². The lowest BCUT2D eigenvalue weighted by Gasteiger charge is -2.36. The Morgan fingerprint density at radius 2 is 1.88 bits per heavy atom. The molecule has 2 aromatic heterocycles. The molecule has 2 atom stereocenters. The molecule has 3 aromatic rings. The number of halogens is 3. The number of aromatic nitrogens is 3. The van der Waals surface area contributed by atoms with Crippen LogP contribution in [0.25, 0.3) is 22.2 Å². The molecule has 0 spiro atoms. The number of aliphatic hydroxyl groups excluding tert-OH is 1. The van der Waals surface area contributed by atoms with E-state index in [1.807, 2.05) is 6.92 Å². The summed E-state index contributed by atoms with van der Waals surface area (Å²) in [5, 5.41) is 35.5. The number of benzene rings is 1. The van der Waals surface area contributed by atoms with Crippen LogP contribution in [0.15, 0.2) is 30.3 Å². The number of anilines is 2. The number of phenolic OH excluding ortho intramolecular Hbond substituents is 1. The third kappa shape index (κ3) is 6.90. The lowest BCUT2D eigenvalue weighted by molar-refractivity contribution is -0.137. The number of piperidine rings is 2. The molecule has 4 heterocycles. The van der Waals surface area contributed by atoms with Crippen LogP contribution >= 0.6 is 0 Å². The highest BCUT2D eigenvalue weighted by molar-refractivity contribution is 6.00. The number of rotatable bonds is 8. The van der Waals surface area contributed by atoms with Crippen molar-refractivity contribution in [2.45, 2.75) is 57.3 Å². The number of hydrogen-bond donors (Lipinski definition) is 4. The molecule has 5 rings (SSSR count). The minimum atomic E-state index is -4.61. The predicted octanol–water partition coefficient (Wildman–Crippen LogP) is 4.10. The summed E-state index contributed by atoms with van der Waals surface area (Å²) in [6, 6.07) is 5.98. The molecular formula is C29H36F3N7O3. The van der Waals surface area contributed by atoms with E-state index in [1.54, 1.807) is 12.1 Å². The van der Waals surface area contributed by atoms with E-state index in [-0.39, 0.29) is 42.4 Å². The molecule has 1 aromatic carbocycles. The number of amides is 1. The fourth-order valence-corrected chi connectivity index (χ4v) is 5.64. The molecule has 0 aliphatic carbocycles. The Balaban J connectivity index is 1.48. The van der Waals surface area contributed by atoms with Gasteiger partial charge in [-0.05, 0) is 82.6 Å². The van der Waals surface area contributed by atoms with Crippen molar-refractivity contribution < 1.29 is 28.2 Å². The van der Waals surface area contributed by atoms with Gasteiger partial charge in [0, 0.05) is 29.6 Å². The standard InChI is InChI=1S/C29H36F3N7O3/c1-18(17-40)39-13-5-6-20(15-39)33-28-27-22(9-10-24(35-27)34-25(42)16-38-11-3-2-4-12-38)26(36-37-28)21-8-7-19(14-23(21)41)29(30,31)32/h7-10,14,18,20,40-41H,2-6,11-13,15-17H2,1H3,(H,33,37)(H,34,35,42)/t18?,20-/m1/s1. The SMILES string of the molecule is CC(CO)N1CCC[C@@H](Nc2nnc(-c3ccc(C(F)(F)F)cc3O)c3ccc(NC(=O)CN4CCCCC4)nc23)C1. The van der Waals surface area contributed by atoms with E-state index in [4.69, 9.17) is 0 Å². The fourth-order valence-electron chi connectivity index (χ4n) is 5.64. The maximum absolute atomic E-state index is 13.2. The van der Waals surface area contributed by atoms with Crippen molar-refractivity contribution in [3.05, 3.63) is 35.9 Å². The zero-order valence-electron chi connectivity index (χ0n) is 23.5. The van der Waals surface area contributed by atoms with E-state index in [2.05, 4.69) is 35.6 Å². The minimum Gasteiger partial charge on any atom is -0.507 e. The van der Waals surface area contributed by atoms with Gasteiger partial charge in [0.25, 0.3) is 0 Å². The van der Waals surface area contributed by atoms with Gasteiger partial charge in [-0.15, -0.1) is 10.2 Å². The Bertz CT molecular complexity index is 1420. The van der Waals surface area contributed by atoms with Gasteiger partial charge in [0.05, 0.1) is 18.7 Å². The van der Waals surface area contributed by atoms with E-state index in [1.165, 1.54) is 0 Å². The molecule has 10 nitrogen and oxygen atoms in total. The molecule has 1 amide bonds. The topological polar surface area (TPSA) is 127 Å². The van der Waals surface area contributed by atoms with Gasteiger partial charge in [0.1, 0.15) is 22.8 Å². The summed E-state index contributed by atoms with van der Waals surface area (Å²) < 4.78 is 39.6. The molecule has 0 saturated carbocycles. The normalized spacial score (nSPS) is 19.5. The molecule has 42 heavy (non-hydrogen) atoms. The van der Waals surface area contributed by atoms with Gasteiger partial charge in [-0.2, -0.15) is 13.2 Å². The van der Waals surface area contributed by atoms with Crippen LogP contribution in [0.4, 0.5) is 24.8 Å². The minimum absolute atomic E-state index is 0.00212. The van der Waals surface area contributed by atoms with Crippen molar-refractivity contribution in [1.29, 1.82) is 0 Å². The summed E-state index contributed by atoms with van der Waals surface area (Å²) in [6.07, 6.45) is 0.438. The molecule has 2 aliphatic rings.